The summed E-state index contributed by atoms with van der Waals surface area (Å²) in [6, 6.07) is 0. The van der Waals surface area contributed by atoms with Crippen molar-refractivity contribution in [3.63, 3.8) is 0 Å². The minimum atomic E-state index is 0.675. The first-order chi connectivity index (χ1) is 7.84. The predicted octanol–water partition coefficient (Wildman–Crippen LogP) is 3.23. The standard InChI is InChI=1S/C12H20N2OS/c1-10-13-14-12(15-10)7-4-8-16-9-11-5-2-3-6-11/h11H,2-9H2,1H3. The van der Waals surface area contributed by atoms with E-state index in [0.29, 0.717) is 5.89 Å². The Morgan fingerprint density at radius 2 is 2.12 bits per heavy atom. The Bertz CT molecular complexity index is 308. The van der Waals surface area contributed by atoms with Crippen LogP contribution < -0.4 is 0 Å². The lowest BCUT2D eigenvalue weighted by Gasteiger charge is -2.07. The van der Waals surface area contributed by atoms with Crippen molar-refractivity contribution in [1.29, 1.82) is 0 Å². The largest absolute Gasteiger partial charge is 0.426 e. The molecule has 0 saturated heterocycles. The highest BCUT2D eigenvalue weighted by atomic mass is 32.2. The van der Waals surface area contributed by atoms with Crippen LogP contribution in [-0.2, 0) is 6.42 Å². The van der Waals surface area contributed by atoms with E-state index >= 15 is 0 Å². The topological polar surface area (TPSA) is 38.9 Å². The molecule has 3 nitrogen and oxygen atoms in total. The maximum atomic E-state index is 5.33. The van der Waals surface area contributed by atoms with Gasteiger partial charge in [-0.05, 0) is 36.7 Å². The SMILES string of the molecule is Cc1nnc(CCCSCC2CCCC2)o1. The van der Waals surface area contributed by atoms with E-state index in [-0.39, 0.29) is 0 Å². The van der Waals surface area contributed by atoms with Crippen LogP contribution in [0.3, 0.4) is 0 Å². The molecule has 1 heterocycles. The summed E-state index contributed by atoms with van der Waals surface area (Å²) in [6.45, 7) is 1.84. The minimum absolute atomic E-state index is 0.675. The fourth-order valence-corrected chi connectivity index (χ4v) is 3.37. The molecule has 1 aliphatic rings. The second kappa shape index (κ2) is 6.28. The van der Waals surface area contributed by atoms with Crippen LogP contribution in [0.4, 0.5) is 0 Å². The monoisotopic (exact) mass is 240 g/mol. The van der Waals surface area contributed by atoms with Crippen LogP contribution in [0.2, 0.25) is 0 Å². The van der Waals surface area contributed by atoms with Crippen LogP contribution in [0.15, 0.2) is 4.42 Å². The third-order valence-corrected chi connectivity index (χ3v) is 4.36. The Morgan fingerprint density at radius 1 is 1.31 bits per heavy atom. The van der Waals surface area contributed by atoms with Gasteiger partial charge in [0.15, 0.2) is 0 Å². The average molecular weight is 240 g/mol. The molecule has 0 N–H and O–H groups in total. The molecule has 4 heteroatoms. The van der Waals surface area contributed by atoms with Crippen molar-refractivity contribution in [2.24, 2.45) is 5.92 Å². The first-order valence-electron chi connectivity index (χ1n) is 6.21. The molecule has 0 spiro atoms. The Labute approximate surface area is 101 Å². The molecular formula is C12H20N2OS. The van der Waals surface area contributed by atoms with Gasteiger partial charge in [0.05, 0.1) is 0 Å². The van der Waals surface area contributed by atoms with E-state index in [1.54, 1.807) is 0 Å². The maximum absolute atomic E-state index is 5.33. The van der Waals surface area contributed by atoms with Crippen molar-refractivity contribution >= 4 is 11.8 Å². The first-order valence-corrected chi connectivity index (χ1v) is 7.37. The summed E-state index contributed by atoms with van der Waals surface area (Å²) in [6.07, 6.45) is 7.89. The number of hydrogen-bond acceptors (Lipinski definition) is 4. The quantitative estimate of drug-likeness (QED) is 0.716. The molecule has 0 atom stereocenters. The predicted molar refractivity (Wildman–Crippen MR) is 66.6 cm³/mol. The molecule has 1 aromatic heterocycles. The number of thioether (sulfide) groups is 1. The van der Waals surface area contributed by atoms with Crippen molar-refractivity contribution < 1.29 is 4.42 Å². The van der Waals surface area contributed by atoms with Gasteiger partial charge >= 0.3 is 0 Å². The molecule has 1 aliphatic carbocycles. The van der Waals surface area contributed by atoms with E-state index in [9.17, 15) is 0 Å². The van der Waals surface area contributed by atoms with Crippen LogP contribution in [0.1, 0.15) is 43.9 Å². The van der Waals surface area contributed by atoms with Gasteiger partial charge in [-0.15, -0.1) is 10.2 Å². The normalized spacial score (nSPS) is 17.1. The van der Waals surface area contributed by atoms with Crippen LogP contribution in [0, 0.1) is 12.8 Å². The molecule has 0 radical (unpaired) electrons. The van der Waals surface area contributed by atoms with E-state index in [4.69, 9.17) is 4.42 Å². The molecular weight excluding hydrogens is 220 g/mol. The van der Waals surface area contributed by atoms with E-state index in [1.807, 2.05) is 6.92 Å². The van der Waals surface area contributed by atoms with E-state index in [0.717, 1.165) is 24.7 Å². The Balaban J connectivity index is 1.51. The summed E-state index contributed by atoms with van der Waals surface area (Å²) in [5.74, 6) is 5.03. The molecule has 0 bridgehead atoms. The summed E-state index contributed by atoms with van der Waals surface area (Å²) in [5, 5.41) is 7.82. The van der Waals surface area contributed by atoms with Crippen molar-refractivity contribution in [1.82, 2.24) is 10.2 Å². The zero-order chi connectivity index (χ0) is 11.2. The van der Waals surface area contributed by atoms with Crippen LogP contribution in [-0.4, -0.2) is 21.7 Å². The summed E-state index contributed by atoms with van der Waals surface area (Å²) in [4.78, 5) is 0. The van der Waals surface area contributed by atoms with E-state index < -0.39 is 0 Å². The van der Waals surface area contributed by atoms with Gasteiger partial charge in [0.25, 0.3) is 0 Å². The highest BCUT2D eigenvalue weighted by Crippen LogP contribution is 2.28. The van der Waals surface area contributed by atoms with Gasteiger partial charge in [-0.2, -0.15) is 11.8 Å². The molecule has 1 aromatic rings. The number of hydrogen-bond donors (Lipinski definition) is 0. The molecule has 0 amide bonds. The maximum Gasteiger partial charge on any atom is 0.216 e. The van der Waals surface area contributed by atoms with Gasteiger partial charge in [0, 0.05) is 13.3 Å². The van der Waals surface area contributed by atoms with Gasteiger partial charge < -0.3 is 4.42 Å². The minimum Gasteiger partial charge on any atom is -0.426 e. The third kappa shape index (κ3) is 3.81. The molecule has 0 aliphatic heterocycles. The Hall–Kier alpha value is -0.510. The molecule has 16 heavy (non-hydrogen) atoms. The van der Waals surface area contributed by atoms with Crippen molar-refractivity contribution in [3.8, 4) is 0 Å². The molecule has 2 rings (SSSR count). The van der Waals surface area contributed by atoms with Crippen molar-refractivity contribution in [2.45, 2.75) is 45.4 Å². The number of aromatic nitrogens is 2. The van der Waals surface area contributed by atoms with Crippen LogP contribution in [0.5, 0.6) is 0 Å². The van der Waals surface area contributed by atoms with E-state index in [1.165, 1.54) is 37.2 Å². The molecule has 1 saturated carbocycles. The van der Waals surface area contributed by atoms with Gasteiger partial charge in [-0.3, -0.25) is 0 Å². The second-order valence-corrected chi connectivity index (χ2v) is 5.69. The number of rotatable bonds is 6. The highest BCUT2D eigenvalue weighted by Gasteiger charge is 2.14. The molecule has 0 aromatic carbocycles. The fraction of sp³-hybridized carbons (Fsp3) is 0.833. The Kier molecular flexibility index (Phi) is 4.69. The summed E-state index contributed by atoms with van der Waals surface area (Å²) in [5.41, 5.74) is 0. The molecule has 1 fully saturated rings. The number of nitrogens with zero attached hydrogens (tertiary/aromatic N) is 2. The highest BCUT2D eigenvalue weighted by molar-refractivity contribution is 7.99. The lowest BCUT2D eigenvalue weighted by atomic mass is 10.1. The second-order valence-electron chi connectivity index (χ2n) is 4.54. The van der Waals surface area contributed by atoms with Crippen LogP contribution in [0.25, 0.3) is 0 Å². The van der Waals surface area contributed by atoms with Crippen molar-refractivity contribution in [3.05, 3.63) is 11.8 Å². The van der Waals surface area contributed by atoms with Gasteiger partial charge in [0.2, 0.25) is 11.8 Å². The van der Waals surface area contributed by atoms with Gasteiger partial charge in [-0.25, -0.2) is 0 Å². The summed E-state index contributed by atoms with van der Waals surface area (Å²) >= 11 is 2.09. The summed E-state index contributed by atoms with van der Waals surface area (Å²) < 4.78 is 5.33. The average Bonchev–Trinajstić information content (AvgIpc) is 2.89. The first kappa shape index (κ1) is 12.0. The fourth-order valence-electron chi connectivity index (χ4n) is 2.19. The number of aryl methyl sites for hydroxylation is 2. The zero-order valence-electron chi connectivity index (χ0n) is 9.95. The van der Waals surface area contributed by atoms with Crippen LogP contribution >= 0.6 is 11.8 Å². The Morgan fingerprint density at radius 3 is 2.81 bits per heavy atom. The lowest BCUT2D eigenvalue weighted by Crippen LogP contribution is -1.98. The molecule has 0 unspecified atom stereocenters. The van der Waals surface area contributed by atoms with Gasteiger partial charge in [0.1, 0.15) is 0 Å². The van der Waals surface area contributed by atoms with Crippen molar-refractivity contribution in [2.75, 3.05) is 11.5 Å². The smallest absolute Gasteiger partial charge is 0.216 e. The molecule has 90 valence electrons. The lowest BCUT2D eigenvalue weighted by molar-refractivity contribution is 0.465. The van der Waals surface area contributed by atoms with Gasteiger partial charge in [-0.1, -0.05) is 12.8 Å². The summed E-state index contributed by atoms with van der Waals surface area (Å²) in [7, 11) is 0. The van der Waals surface area contributed by atoms with E-state index in [2.05, 4.69) is 22.0 Å². The third-order valence-electron chi connectivity index (χ3n) is 3.08. The zero-order valence-corrected chi connectivity index (χ0v) is 10.8.